The zero-order valence-electron chi connectivity index (χ0n) is 38.3. The number of alkyl halides is 6. The fourth-order valence-electron chi connectivity index (χ4n) is 7.31. The Labute approximate surface area is 400 Å². The Kier molecular flexibility index (Phi) is 15.2. The van der Waals surface area contributed by atoms with E-state index < -0.39 is 49.3 Å². The number of carboxylic acids is 1. The average molecular weight is 989 g/mol. The predicted octanol–water partition coefficient (Wildman–Crippen LogP) is 12.9. The van der Waals surface area contributed by atoms with Crippen LogP contribution in [0.3, 0.4) is 0 Å². The molecule has 0 amide bonds. The molecule has 0 unspecified atom stereocenters. The first-order valence-electron chi connectivity index (χ1n) is 21.8. The minimum absolute atomic E-state index is 0.00858. The van der Waals surface area contributed by atoms with Crippen molar-refractivity contribution in [2.45, 2.75) is 59.3 Å². The van der Waals surface area contributed by atoms with E-state index in [0.717, 1.165) is 11.6 Å². The van der Waals surface area contributed by atoms with Crippen molar-refractivity contribution in [2.75, 3.05) is 23.7 Å². The first-order chi connectivity index (χ1) is 33.6. The molecule has 21 heteroatoms. The monoisotopic (exact) mass is 988 g/mol. The molecule has 0 saturated heterocycles. The van der Waals surface area contributed by atoms with Crippen molar-refractivity contribution in [1.82, 2.24) is 29.2 Å². The van der Waals surface area contributed by atoms with Gasteiger partial charge in [0.1, 0.15) is 23.1 Å². The molecule has 3 N–H and O–H groups in total. The van der Waals surface area contributed by atoms with Gasteiger partial charge < -0.3 is 25.2 Å². The maximum atomic E-state index is 13.7. The van der Waals surface area contributed by atoms with E-state index >= 15 is 0 Å². The number of carbonyl (C=O) groups excluding carboxylic acids is 1. The molecule has 0 radical (unpaired) electrons. The number of hydrogen-bond donors (Lipinski definition) is 3. The van der Waals surface area contributed by atoms with E-state index in [2.05, 4.69) is 30.8 Å². The van der Waals surface area contributed by atoms with Gasteiger partial charge in [0.05, 0.1) is 53.6 Å². The Bertz CT molecular complexity index is 3220. The van der Waals surface area contributed by atoms with E-state index in [1.165, 1.54) is 75.9 Å². The predicted molar refractivity (Wildman–Crippen MR) is 248 cm³/mol. The van der Waals surface area contributed by atoms with Gasteiger partial charge in [0.2, 0.25) is 11.8 Å². The van der Waals surface area contributed by atoms with E-state index in [1.807, 2.05) is 26.8 Å². The number of nitrogens with zero attached hydrogens (tertiary/aromatic N) is 6. The van der Waals surface area contributed by atoms with Crippen molar-refractivity contribution in [2.24, 2.45) is 5.92 Å². The summed E-state index contributed by atoms with van der Waals surface area (Å²) >= 11 is 0. The second-order valence-corrected chi connectivity index (χ2v) is 16.6. The zero-order valence-corrected chi connectivity index (χ0v) is 38.3. The third-order valence-electron chi connectivity index (χ3n) is 10.5. The minimum Gasteiger partial charge on any atom is -0.478 e. The van der Waals surface area contributed by atoms with Crippen LogP contribution >= 0.6 is 0 Å². The van der Waals surface area contributed by atoms with Crippen LogP contribution < -0.4 is 20.1 Å². The number of aromatic nitrogens is 6. The maximum absolute atomic E-state index is 13.7. The first-order valence-corrected chi connectivity index (χ1v) is 21.8. The standard InChI is InChI=1S/C27H26F4N4O2.C23H18F4N4O3/c1-16(2)11-24(36)21-8-7-18(12-17(21)3)23-15-33-26-22(32-10-9-27(29,30)31)14-25(34-35(23)26)37-20-6-4-5-19(28)13-20;1-13-9-14(5-6-17(13)22(32)33)19-12-29-21-18(28-8-7-23(25,26)27)11-20(30-31(19)21)34-16-4-2-3-15(24)10-16/h4-8,12-16,32H,9-11H2,1-3H3;2-6,9-12,28H,7-8H2,1H3,(H,32,33). The fraction of sp³-hybridized carbons (Fsp3) is 0.240. The summed E-state index contributed by atoms with van der Waals surface area (Å²) in [6.07, 6.45) is -7.33. The molecule has 0 aliphatic heterocycles. The Balaban J connectivity index is 0.000000209. The quantitative estimate of drug-likeness (QED) is 0.0625. The van der Waals surface area contributed by atoms with Crippen LogP contribution in [0.15, 0.2) is 109 Å². The summed E-state index contributed by atoms with van der Waals surface area (Å²) in [6, 6.07) is 23.6. The number of aryl methyl sites for hydroxylation is 2. The number of rotatable bonds is 16. The molecular formula is C50H44F8N8O5. The molecule has 13 nitrogen and oxygen atoms in total. The third kappa shape index (κ3) is 13.2. The van der Waals surface area contributed by atoms with Gasteiger partial charge in [-0.05, 0) is 73.4 Å². The lowest BCUT2D eigenvalue weighted by Crippen LogP contribution is -2.15. The fourth-order valence-corrected chi connectivity index (χ4v) is 7.31. The van der Waals surface area contributed by atoms with Crippen molar-refractivity contribution in [3.8, 4) is 45.8 Å². The van der Waals surface area contributed by atoms with Gasteiger partial charge in [-0.2, -0.15) is 26.3 Å². The van der Waals surface area contributed by atoms with Crippen LogP contribution in [0, 0.1) is 31.4 Å². The molecule has 0 spiro atoms. The van der Waals surface area contributed by atoms with Crippen molar-refractivity contribution in [1.29, 1.82) is 0 Å². The molecule has 71 heavy (non-hydrogen) atoms. The number of benzene rings is 4. The van der Waals surface area contributed by atoms with Crippen LogP contribution in [0.25, 0.3) is 33.8 Å². The largest absolute Gasteiger partial charge is 0.478 e. The van der Waals surface area contributed by atoms with Gasteiger partial charge in [-0.3, -0.25) is 4.79 Å². The molecule has 0 bridgehead atoms. The van der Waals surface area contributed by atoms with Gasteiger partial charge in [0.25, 0.3) is 0 Å². The van der Waals surface area contributed by atoms with Crippen LogP contribution in [0.4, 0.5) is 46.5 Å². The number of ketones is 1. The Hall–Kier alpha value is -8.10. The number of halogens is 8. The van der Waals surface area contributed by atoms with E-state index in [4.69, 9.17) is 9.47 Å². The second-order valence-electron chi connectivity index (χ2n) is 16.6. The van der Waals surface area contributed by atoms with E-state index in [0.29, 0.717) is 45.7 Å². The van der Waals surface area contributed by atoms with Crippen LogP contribution in [-0.2, 0) is 0 Å². The number of nitrogens with one attached hydrogen (secondary N) is 2. The molecule has 4 aromatic carbocycles. The average Bonchev–Trinajstić information content (AvgIpc) is 3.90. The van der Waals surface area contributed by atoms with Gasteiger partial charge in [0.15, 0.2) is 17.1 Å². The molecule has 0 aliphatic rings. The molecule has 0 aliphatic carbocycles. The summed E-state index contributed by atoms with van der Waals surface area (Å²) in [5.41, 5.74) is 5.40. The molecule has 0 atom stereocenters. The molecule has 0 saturated carbocycles. The molecule has 8 rings (SSSR count). The molecular weight excluding hydrogens is 945 g/mol. The van der Waals surface area contributed by atoms with Crippen LogP contribution in [0.5, 0.6) is 23.3 Å². The van der Waals surface area contributed by atoms with Crippen molar-refractivity contribution in [3.63, 3.8) is 0 Å². The van der Waals surface area contributed by atoms with Gasteiger partial charge >= 0.3 is 18.3 Å². The highest BCUT2D eigenvalue weighted by Gasteiger charge is 2.28. The lowest BCUT2D eigenvalue weighted by atomic mass is 9.96. The zero-order chi connectivity index (χ0) is 51.2. The van der Waals surface area contributed by atoms with E-state index in [-0.39, 0.29) is 64.1 Å². The summed E-state index contributed by atoms with van der Waals surface area (Å²) in [5.74, 6) is -1.46. The normalized spacial score (nSPS) is 11.7. The van der Waals surface area contributed by atoms with Crippen LogP contribution in [-0.4, -0.2) is 71.5 Å². The number of aromatic carboxylic acids is 1. The first kappa shape index (κ1) is 50.8. The van der Waals surface area contributed by atoms with Crippen molar-refractivity contribution < 1.29 is 59.3 Å². The van der Waals surface area contributed by atoms with Crippen molar-refractivity contribution >= 4 is 34.4 Å². The lowest BCUT2D eigenvalue weighted by Gasteiger charge is -2.13. The summed E-state index contributed by atoms with van der Waals surface area (Å²) in [5, 5.41) is 23.6. The molecule has 370 valence electrons. The Morgan fingerprint density at radius 2 is 1.07 bits per heavy atom. The third-order valence-corrected chi connectivity index (χ3v) is 10.5. The van der Waals surface area contributed by atoms with Gasteiger partial charge in [0, 0.05) is 60.5 Å². The molecule has 0 fully saturated rings. The number of carboxylic acid groups (broad SMARTS) is 1. The summed E-state index contributed by atoms with van der Waals surface area (Å²) in [4.78, 5) is 32.6. The highest BCUT2D eigenvalue weighted by atomic mass is 19.4. The second kappa shape index (κ2) is 21.3. The number of ether oxygens (including phenoxy) is 2. The van der Waals surface area contributed by atoms with Gasteiger partial charge in [-0.25, -0.2) is 32.6 Å². The van der Waals surface area contributed by atoms with Gasteiger partial charge in [-0.1, -0.05) is 44.2 Å². The van der Waals surface area contributed by atoms with Crippen molar-refractivity contribution in [3.05, 3.63) is 143 Å². The number of anilines is 2. The Morgan fingerprint density at radius 1 is 0.634 bits per heavy atom. The van der Waals surface area contributed by atoms with E-state index in [1.54, 1.807) is 37.4 Å². The lowest BCUT2D eigenvalue weighted by molar-refractivity contribution is -0.132. The summed E-state index contributed by atoms with van der Waals surface area (Å²) < 4.78 is 118. The highest BCUT2D eigenvalue weighted by Crippen LogP contribution is 2.33. The van der Waals surface area contributed by atoms with E-state index in [9.17, 15) is 49.8 Å². The summed E-state index contributed by atoms with van der Waals surface area (Å²) in [7, 11) is 0. The highest BCUT2D eigenvalue weighted by molar-refractivity contribution is 5.98. The number of carbonyl (C=O) groups is 2. The molecule has 4 aromatic heterocycles. The number of hydrogen-bond acceptors (Lipinski definition) is 10. The smallest absolute Gasteiger partial charge is 0.390 e. The summed E-state index contributed by atoms with van der Waals surface area (Å²) in [6.45, 7) is 6.67. The van der Waals surface area contributed by atoms with Crippen LogP contribution in [0.1, 0.15) is 65.0 Å². The molecule has 4 heterocycles. The Morgan fingerprint density at radius 3 is 1.45 bits per heavy atom. The van der Waals surface area contributed by atoms with Crippen LogP contribution in [0.2, 0.25) is 0 Å². The number of fused-ring (bicyclic) bond motifs is 2. The minimum atomic E-state index is -4.35. The number of imidazole rings is 2. The topological polar surface area (TPSA) is 157 Å². The number of Topliss-reactive ketones (excluding diaryl/α,β-unsaturated/α-hetero) is 1. The molecule has 8 aromatic rings. The maximum Gasteiger partial charge on any atom is 0.390 e. The van der Waals surface area contributed by atoms with Gasteiger partial charge in [-0.15, -0.1) is 10.2 Å². The SMILES string of the molecule is Cc1cc(-c2cnc3c(NCCC(F)(F)F)cc(Oc4cccc(F)c4)nn23)ccc1C(=O)CC(C)C.Cc1cc(-c2cnc3c(NCCC(F)(F)F)cc(Oc4cccc(F)c4)nn23)ccc1C(=O)O.